The van der Waals surface area contributed by atoms with E-state index < -0.39 is 0 Å². The second-order valence-corrected chi connectivity index (χ2v) is 1.62. The monoisotopic (exact) mass is 163 g/mol. The molecule has 0 bridgehead atoms. The summed E-state index contributed by atoms with van der Waals surface area (Å²) >= 11 is 0. The molecule has 0 aromatic heterocycles. The summed E-state index contributed by atoms with van der Waals surface area (Å²) in [5.74, 6) is 0. The van der Waals surface area contributed by atoms with Crippen molar-refractivity contribution in [1.82, 2.24) is 4.90 Å². The number of nitrogens with zero attached hydrogens (tertiary/aromatic N) is 1. The van der Waals surface area contributed by atoms with E-state index in [2.05, 4.69) is 25.7 Å². The molecule has 0 spiro atoms. The molecule has 0 aromatic carbocycles. The maximum Gasteiger partial charge on any atom is 2.00 e. The quantitative estimate of drug-likeness (QED) is 0.572. The molecule has 0 atom stereocenters. The van der Waals surface area contributed by atoms with Crippen LogP contribution in [-0.2, 0) is 0 Å². The van der Waals surface area contributed by atoms with Crippen molar-refractivity contribution >= 4 is 35.5 Å². The number of halogens is 1. The van der Waals surface area contributed by atoms with E-state index in [0.29, 0.717) is 0 Å². The molecule has 0 unspecified atom stereocenters. The van der Waals surface area contributed by atoms with Crippen LogP contribution in [-0.4, -0.2) is 47.6 Å². The minimum absolute atomic E-state index is 0. The normalized spacial score (nSPS) is 8.00. The van der Waals surface area contributed by atoms with Gasteiger partial charge in [-0.3, -0.25) is 0 Å². The first-order valence-electron chi connectivity index (χ1n) is 3.07. The second kappa shape index (κ2) is 11.8. The van der Waals surface area contributed by atoms with Crippen molar-refractivity contribution in [3.8, 4) is 0 Å². The summed E-state index contributed by atoms with van der Waals surface area (Å²) in [5.41, 5.74) is 0. The van der Waals surface area contributed by atoms with Gasteiger partial charge in [0, 0.05) is 0 Å². The predicted molar refractivity (Wildman–Crippen MR) is 48.7 cm³/mol. The predicted octanol–water partition coefficient (Wildman–Crippen LogP) is 1.61. The molecule has 0 saturated carbocycles. The molecule has 0 N–H and O–H groups in total. The van der Waals surface area contributed by atoms with E-state index in [1.165, 1.54) is 19.6 Å². The van der Waals surface area contributed by atoms with E-state index in [-0.39, 0.29) is 38.3 Å². The summed E-state index contributed by atoms with van der Waals surface area (Å²) in [5, 5.41) is 0. The molecule has 0 aliphatic rings. The van der Waals surface area contributed by atoms with E-state index in [9.17, 15) is 0 Å². The Morgan fingerprint density at radius 2 is 1.22 bits per heavy atom. The number of hydrogen-bond donors (Lipinski definition) is 0. The summed E-state index contributed by atoms with van der Waals surface area (Å²) in [6.45, 7) is 10.1. The van der Waals surface area contributed by atoms with Crippen LogP contribution < -0.4 is 0 Å². The van der Waals surface area contributed by atoms with Gasteiger partial charge in [0.15, 0.2) is 0 Å². The van der Waals surface area contributed by atoms with E-state index >= 15 is 0 Å². The Labute approximate surface area is 83.7 Å². The van der Waals surface area contributed by atoms with Crippen molar-refractivity contribution in [2.75, 3.05) is 19.6 Å². The van der Waals surface area contributed by atoms with E-state index in [1.807, 2.05) is 0 Å². The minimum atomic E-state index is 0. The molecule has 0 aliphatic heterocycles. The van der Waals surface area contributed by atoms with Crippen LogP contribution in [0.1, 0.15) is 23.6 Å². The maximum atomic E-state index is 2.38. The third kappa shape index (κ3) is 9.02. The van der Waals surface area contributed by atoms with Crippen LogP contribution in [0, 0.1) is 0 Å². The summed E-state index contributed by atoms with van der Waals surface area (Å²) in [6, 6.07) is 0. The van der Waals surface area contributed by atoms with Gasteiger partial charge in [0.2, 0.25) is 0 Å². The van der Waals surface area contributed by atoms with Crippen molar-refractivity contribution in [2.24, 2.45) is 0 Å². The molecule has 56 valence electrons. The number of rotatable bonds is 3. The Kier molecular flexibility index (Phi) is 21.6. The minimum Gasteiger partial charge on any atom is -1.00 e. The molecular weight excluding hydrogens is 146 g/mol. The van der Waals surface area contributed by atoms with Gasteiger partial charge in [0.1, 0.15) is 0 Å². The number of hydrogen-bond acceptors (Lipinski definition) is 1. The van der Waals surface area contributed by atoms with Crippen LogP contribution in [0.15, 0.2) is 0 Å². The summed E-state index contributed by atoms with van der Waals surface area (Å²) in [4.78, 5) is 2.38. The van der Waals surface area contributed by atoms with Crippen molar-refractivity contribution in [3.63, 3.8) is 0 Å². The molecule has 0 saturated heterocycles. The summed E-state index contributed by atoms with van der Waals surface area (Å²) in [7, 11) is 0. The van der Waals surface area contributed by atoms with Crippen LogP contribution in [0.4, 0.5) is 0 Å². The van der Waals surface area contributed by atoms with Crippen molar-refractivity contribution in [1.29, 1.82) is 0 Å². The van der Waals surface area contributed by atoms with E-state index in [1.54, 1.807) is 0 Å². The molecule has 1 nitrogen and oxygen atoms in total. The van der Waals surface area contributed by atoms with Crippen LogP contribution in [0.5, 0.6) is 0 Å². The topological polar surface area (TPSA) is 3.24 Å². The van der Waals surface area contributed by atoms with Crippen LogP contribution in [0.3, 0.4) is 0 Å². The van der Waals surface area contributed by atoms with Crippen molar-refractivity contribution in [2.45, 2.75) is 20.8 Å². The first kappa shape index (κ1) is 16.5. The van der Waals surface area contributed by atoms with Gasteiger partial charge in [-0.15, -0.1) is 12.4 Å². The molecular formula is C6H18ClMgN. The average Bonchev–Trinajstić information content (AvgIpc) is 1.72. The largest absolute Gasteiger partial charge is 2.00 e. The molecule has 0 aliphatic carbocycles. The van der Waals surface area contributed by atoms with Crippen molar-refractivity contribution in [3.05, 3.63) is 0 Å². The molecule has 0 fully saturated rings. The van der Waals surface area contributed by atoms with Crippen LogP contribution in [0.2, 0.25) is 0 Å². The Morgan fingerprint density at radius 1 is 1.00 bits per heavy atom. The third-order valence-corrected chi connectivity index (χ3v) is 1.34. The van der Waals surface area contributed by atoms with Gasteiger partial charge in [-0.2, -0.15) is 0 Å². The smallest absolute Gasteiger partial charge is 1.00 e. The standard InChI is InChI=1S/C6H15N.ClH.Mg.2H/c1-4-7(5-2)6-3;;;;/h4-6H2,1-3H3;1H;;;/q;;+2;2*-1. The maximum absolute atomic E-state index is 2.38. The molecule has 0 heterocycles. The zero-order valence-corrected chi connectivity index (χ0v) is 8.91. The molecule has 0 aromatic rings. The van der Waals surface area contributed by atoms with E-state index in [0.717, 1.165) is 0 Å². The Hall–Kier alpha value is 1.02. The molecule has 0 amide bonds. The zero-order chi connectivity index (χ0) is 5.70. The second-order valence-electron chi connectivity index (χ2n) is 1.62. The molecule has 9 heavy (non-hydrogen) atoms. The first-order chi connectivity index (χ1) is 3.35. The van der Waals surface area contributed by atoms with Gasteiger partial charge in [-0.1, -0.05) is 20.8 Å². The van der Waals surface area contributed by atoms with Gasteiger partial charge < -0.3 is 7.75 Å². The van der Waals surface area contributed by atoms with Crippen LogP contribution >= 0.6 is 12.4 Å². The Bertz CT molecular complexity index is 42.1. The Balaban J connectivity index is -0.0000000300. The molecule has 0 rings (SSSR count). The average molecular weight is 164 g/mol. The fourth-order valence-electron chi connectivity index (χ4n) is 0.671. The molecule has 0 radical (unpaired) electrons. The van der Waals surface area contributed by atoms with Gasteiger partial charge in [-0.25, -0.2) is 0 Å². The SMILES string of the molecule is CCN(CC)CC.Cl.[H-].[H-].[Mg+2]. The van der Waals surface area contributed by atoms with E-state index in [4.69, 9.17) is 0 Å². The van der Waals surface area contributed by atoms with Crippen molar-refractivity contribution < 1.29 is 2.85 Å². The third-order valence-electron chi connectivity index (χ3n) is 1.34. The van der Waals surface area contributed by atoms with Gasteiger partial charge >= 0.3 is 23.1 Å². The fourth-order valence-corrected chi connectivity index (χ4v) is 0.671. The summed E-state index contributed by atoms with van der Waals surface area (Å²) < 4.78 is 0. The van der Waals surface area contributed by atoms with Gasteiger partial charge in [0.05, 0.1) is 0 Å². The first-order valence-corrected chi connectivity index (χ1v) is 3.07. The fraction of sp³-hybridized carbons (Fsp3) is 1.00. The summed E-state index contributed by atoms with van der Waals surface area (Å²) in [6.07, 6.45) is 0. The van der Waals surface area contributed by atoms with Gasteiger partial charge in [0.25, 0.3) is 0 Å². The Morgan fingerprint density at radius 3 is 1.22 bits per heavy atom. The zero-order valence-electron chi connectivity index (χ0n) is 8.68. The molecule has 3 heteroatoms. The van der Waals surface area contributed by atoms with Gasteiger partial charge in [-0.05, 0) is 19.6 Å². The van der Waals surface area contributed by atoms with Crippen LogP contribution in [0.25, 0.3) is 0 Å².